The van der Waals surface area contributed by atoms with Crippen LogP contribution in [0.15, 0.2) is 30.5 Å². The molecule has 0 bridgehead atoms. The summed E-state index contributed by atoms with van der Waals surface area (Å²) in [5.74, 6) is -0.0847. The van der Waals surface area contributed by atoms with Crippen molar-refractivity contribution in [3.8, 4) is 0 Å². The summed E-state index contributed by atoms with van der Waals surface area (Å²) in [6.45, 7) is 1.67. The number of rotatable bonds is 4. The highest BCUT2D eigenvalue weighted by Crippen LogP contribution is 2.22. The molecule has 1 aromatic carbocycles. The lowest BCUT2D eigenvalue weighted by molar-refractivity contribution is -0.0148. The van der Waals surface area contributed by atoms with Crippen molar-refractivity contribution in [2.45, 2.75) is 12.0 Å². The first kappa shape index (κ1) is 13.1. The SMILES string of the molecule is COC1(CNC(=O)c2cccc3[nH]ccc23)CCOC1. The fourth-order valence-corrected chi connectivity index (χ4v) is 2.58. The number of carbonyl (C=O) groups excluding carboxylic acids is 1. The van der Waals surface area contributed by atoms with Gasteiger partial charge in [0.1, 0.15) is 5.60 Å². The number of benzene rings is 1. The van der Waals surface area contributed by atoms with Crippen LogP contribution in [0.2, 0.25) is 0 Å². The van der Waals surface area contributed by atoms with Crippen LogP contribution >= 0.6 is 0 Å². The van der Waals surface area contributed by atoms with E-state index in [0.29, 0.717) is 25.3 Å². The zero-order valence-corrected chi connectivity index (χ0v) is 11.4. The van der Waals surface area contributed by atoms with Crippen molar-refractivity contribution in [2.75, 3.05) is 26.9 Å². The Bertz CT molecular complexity index is 614. The molecule has 2 aromatic rings. The largest absolute Gasteiger partial charge is 0.378 e. The molecule has 1 aromatic heterocycles. The van der Waals surface area contributed by atoms with Gasteiger partial charge in [0.05, 0.1) is 6.61 Å². The number of hydrogen-bond donors (Lipinski definition) is 2. The molecule has 1 fully saturated rings. The van der Waals surface area contributed by atoms with E-state index in [-0.39, 0.29) is 11.5 Å². The monoisotopic (exact) mass is 274 g/mol. The highest BCUT2D eigenvalue weighted by atomic mass is 16.5. The summed E-state index contributed by atoms with van der Waals surface area (Å²) in [5, 5.41) is 3.89. The fraction of sp³-hybridized carbons (Fsp3) is 0.400. The molecule has 5 nitrogen and oxygen atoms in total. The summed E-state index contributed by atoms with van der Waals surface area (Å²) in [5.41, 5.74) is 1.25. The number of H-pyrrole nitrogens is 1. The zero-order chi connectivity index (χ0) is 14.0. The van der Waals surface area contributed by atoms with E-state index in [4.69, 9.17) is 9.47 Å². The van der Waals surface area contributed by atoms with Gasteiger partial charge in [0.2, 0.25) is 0 Å². The van der Waals surface area contributed by atoms with E-state index < -0.39 is 0 Å². The molecule has 5 heteroatoms. The second-order valence-corrected chi connectivity index (χ2v) is 5.12. The van der Waals surface area contributed by atoms with E-state index in [0.717, 1.165) is 17.3 Å². The van der Waals surface area contributed by atoms with Crippen LogP contribution in [0.3, 0.4) is 0 Å². The number of aromatic nitrogens is 1. The normalized spacial score (nSPS) is 22.2. The fourth-order valence-electron chi connectivity index (χ4n) is 2.58. The molecular weight excluding hydrogens is 256 g/mol. The molecule has 2 heterocycles. The average Bonchev–Trinajstić information content (AvgIpc) is 3.13. The molecule has 1 aliphatic heterocycles. The van der Waals surface area contributed by atoms with Gasteiger partial charge >= 0.3 is 0 Å². The maximum absolute atomic E-state index is 12.4. The van der Waals surface area contributed by atoms with Crippen molar-refractivity contribution in [1.29, 1.82) is 0 Å². The Morgan fingerprint density at radius 3 is 3.15 bits per heavy atom. The predicted molar refractivity (Wildman–Crippen MR) is 75.8 cm³/mol. The van der Waals surface area contributed by atoms with Crippen molar-refractivity contribution >= 4 is 16.8 Å². The molecule has 3 rings (SSSR count). The van der Waals surface area contributed by atoms with E-state index in [9.17, 15) is 4.79 Å². The number of aromatic amines is 1. The number of carbonyl (C=O) groups is 1. The van der Waals surface area contributed by atoms with Gasteiger partial charge in [0, 0.05) is 49.3 Å². The summed E-state index contributed by atoms with van der Waals surface area (Å²) in [6, 6.07) is 7.57. The van der Waals surface area contributed by atoms with Crippen LogP contribution in [-0.2, 0) is 9.47 Å². The summed E-state index contributed by atoms with van der Waals surface area (Å²) in [6.07, 6.45) is 2.64. The molecule has 1 unspecified atom stereocenters. The Hall–Kier alpha value is -1.85. The Kier molecular flexibility index (Phi) is 3.46. The molecule has 1 atom stereocenters. The van der Waals surface area contributed by atoms with Gasteiger partial charge in [0.25, 0.3) is 5.91 Å². The lowest BCUT2D eigenvalue weighted by Crippen LogP contribution is -2.45. The number of amides is 1. The van der Waals surface area contributed by atoms with Gasteiger partial charge in [-0.1, -0.05) is 6.07 Å². The first-order valence-electron chi connectivity index (χ1n) is 6.71. The third kappa shape index (κ3) is 2.30. The summed E-state index contributed by atoms with van der Waals surface area (Å²) in [4.78, 5) is 15.5. The van der Waals surface area contributed by atoms with Crippen LogP contribution in [-0.4, -0.2) is 43.4 Å². The van der Waals surface area contributed by atoms with E-state index in [1.807, 2.05) is 30.5 Å². The summed E-state index contributed by atoms with van der Waals surface area (Å²) >= 11 is 0. The van der Waals surface area contributed by atoms with Crippen LogP contribution in [0.5, 0.6) is 0 Å². The molecule has 0 aliphatic carbocycles. The molecule has 1 saturated heterocycles. The lowest BCUT2D eigenvalue weighted by Gasteiger charge is -2.25. The minimum Gasteiger partial charge on any atom is -0.378 e. The van der Waals surface area contributed by atoms with Gasteiger partial charge in [-0.2, -0.15) is 0 Å². The molecule has 1 aliphatic rings. The van der Waals surface area contributed by atoms with Crippen molar-refractivity contribution in [1.82, 2.24) is 10.3 Å². The Balaban J connectivity index is 1.75. The molecule has 106 valence electrons. The van der Waals surface area contributed by atoms with Gasteiger partial charge in [-0.25, -0.2) is 0 Å². The number of methoxy groups -OCH3 is 1. The van der Waals surface area contributed by atoms with Gasteiger partial charge in [0.15, 0.2) is 0 Å². The van der Waals surface area contributed by atoms with Crippen LogP contribution in [0.4, 0.5) is 0 Å². The number of nitrogens with one attached hydrogen (secondary N) is 2. The summed E-state index contributed by atoms with van der Waals surface area (Å²) < 4.78 is 10.9. The highest BCUT2D eigenvalue weighted by molar-refractivity contribution is 6.06. The third-order valence-electron chi connectivity index (χ3n) is 3.91. The molecular formula is C15H18N2O3. The molecule has 0 saturated carbocycles. The van der Waals surface area contributed by atoms with Crippen LogP contribution in [0, 0.1) is 0 Å². The second kappa shape index (κ2) is 5.26. The minimum atomic E-state index is -0.387. The first-order valence-corrected chi connectivity index (χ1v) is 6.71. The molecule has 20 heavy (non-hydrogen) atoms. The smallest absolute Gasteiger partial charge is 0.252 e. The van der Waals surface area contributed by atoms with E-state index in [2.05, 4.69) is 10.3 Å². The van der Waals surface area contributed by atoms with Crippen molar-refractivity contribution < 1.29 is 14.3 Å². The number of hydrogen-bond acceptors (Lipinski definition) is 3. The summed E-state index contributed by atoms with van der Waals surface area (Å²) in [7, 11) is 1.66. The van der Waals surface area contributed by atoms with Crippen LogP contribution in [0.1, 0.15) is 16.8 Å². The first-order chi connectivity index (χ1) is 9.74. The van der Waals surface area contributed by atoms with Gasteiger partial charge < -0.3 is 19.8 Å². The number of fused-ring (bicyclic) bond motifs is 1. The van der Waals surface area contributed by atoms with Crippen LogP contribution in [0.25, 0.3) is 10.9 Å². The van der Waals surface area contributed by atoms with Gasteiger partial charge in [-0.3, -0.25) is 4.79 Å². The molecule has 2 N–H and O–H groups in total. The predicted octanol–water partition coefficient (Wildman–Crippen LogP) is 1.70. The molecule has 1 amide bonds. The van der Waals surface area contributed by atoms with Crippen LogP contribution < -0.4 is 5.32 Å². The quantitative estimate of drug-likeness (QED) is 0.892. The Morgan fingerprint density at radius 2 is 2.40 bits per heavy atom. The van der Waals surface area contributed by atoms with E-state index in [1.165, 1.54) is 0 Å². The van der Waals surface area contributed by atoms with Gasteiger partial charge in [-0.15, -0.1) is 0 Å². The zero-order valence-electron chi connectivity index (χ0n) is 11.4. The van der Waals surface area contributed by atoms with E-state index >= 15 is 0 Å². The van der Waals surface area contributed by atoms with Crippen molar-refractivity contribution in [2.24, 2.45) is 0 Å². The number of ether oxygens (including phenoxy) is 2. The van der Waals surface area contributed by atoms with Gasteiger partial charge in [-0.05, 0) is 18.2 Å². The third-order valence-corrected chi connectivity index (χ3v) is 3.91. The average molecular weight is 274 g/mol. The molecule has 0 spiro atoms. The van der Waals surface area contributed by atoms with Crippen molar-refractivity contribution in [3.63, 3.8) is 0 Å². The lowest BCUT2D eigenvalue weighted by atomic mass is 10.0. The standard InChI is InChI=1S/C15H18N2O3/c1-19-15(6-8-20-10-15)9-17-14(18)12-3-2-4-13-11(12)5-7-16-13/h2-5,7,16H,6,8-10H2,1H3,(H,17,18). The topological polar surface area (TPSA) is 63.3 Å². The maximum atomic E-state index is 12.4. The second-order valence-electron chi connectivity index (χ2n) is 5.12. The Morgan fingerprint density at radius 1 is 1.50 bits per heavy atom. The minimum absolute atomic E-state index is 0.0847. The molecule has 0 radical (unpaired) electrons. The Labute approximate surface area is 117 Å². The van der Waals surface area contributed by atoms with Crippen molar-refractivity contribution in [3.05, 3.63) is 36.0 Å². The van der Waals surface area contributed by atoms with E-state index in [1.54, 1.807) is 7.11 Å². The maximum Gasteiger partial charge on any atom is 0.252 e. The highest BCUT2D eigenvalue weighted by Gasteiger charge is 2.35.